The van der Waals surface area contributed by atoms with Crippen molar-refractivity contribution in [1.29, 1.82) is 0 Å². The summed E-state index contributed by atoms with van der Waals surface area (Å²) in [5, 5.41) is 8.07. The second kappa shape index (κ2) is 4.55. The zero-order chi connectivity index (χ0) is 11.7. The van der Waals surface area contributed by atoms with Crippen molar-refractivity contribution in [3.8, 4) is 0 Å². The maximum atomic E-state index is 4.39. The van der Waals surface area contributed by atoms with Crippen molar-refractivity contribution >= 4 is 0 Å². The molecule has 4 heteroatoms. The highest BCUT2D eigenvalue weighted by atomic mass is 15.3. The summed E-state index contributed by atoms with van der Waals surface area (Å²) >= 11 is 0. The number of aryl methyl sites for hydroxylation is 2. The molecule has 16 heavy (non-hydrogen) atoms. The molecule has 0 saturated carbocycles. The van der Waals surface area contributed by atoms with Gasteiger partial charge in [0, 0.05) is 37.4 Å². The highest BCUT2D eigenvalue weighted by Gasteiger charge is 2.22. The highest BCUT2D eigenvalue weighted by molar-refractivity contribution is 5.19. The lowest BCUT2D eigenvalue weighted by Crippen LogP contribution is -2.33. The molecular formula is C12H22N4. The third kappa shape index (κ3) is 2.44. The second-order valence-electron chi connectivity index (χ2n) is 4.98. The summed E-state index contributed by atoms with van der Waals surface area (Å²) in [6.45, 7) is 6.66. The predicted molar refractivity (Wildman–Crippen MR) is 65.4 cm³/mol. The van der Waals surface area contributed by atoms with Crippen LogP contribution in [0.2, 0.25) is 0 Å². The maximum Gasteiger partial charge on any atom is 0.0641 e. The minimum atomic E-state index is 0.394. The Morgan fingerprint density at radius 1 is 1.50 bits per heavy atom. The zero-order valence-electron chi connectivity index (χ0n) is 10.7. The van der Waals surface area contributed by atoms with Crippen LogP contribution in [0.4, 0.5) is 0 Å². The number of nitrogens with one attached hydrogen (secondary N) is 1. The summed E-state index contributed by atoms with van der Waals surface area (Å²) in [5.41, 5.74) is 2.45. The summed E-state index contributed by atoms with van der Waals surface area (Å²) in [6.07, 6.45) is 3.37. The fraction of sp³-hybridized carbons (Fsp3) is 0.750. The molecule has 2 rings (SSSR count). The highest BCUT2D eigenvalue weighted by Crippen LogP contribution is 2.18. The van der Waals surface area contributed by atoms with Crippen molar-refractivity contribution in [2.45, 2.75) is 32.4 Å². The zero-order valence-corrected chi connectivity index (χ0v) is 10.7. The minimum absolute atomic E-state index is 0.394. The van der Waals surface area contributed by atoms with Crippen molar-refractivity contribution < 1.29 is 0 Å². The topological polar surface area (TPSA) is 33.1 Å². The SMILES string of the molecule is Cc1nn(C)cc1C(C)NC1CCN(C)C1. The first-order valence-corrected chi connectivity index (χ1v) is 6.01. The molecule has 0 radical (unpaired) electrons. The molecule has 0 bridgehead atoms. The van der Waals surface area contributed by atoms with E-state index >= 15 is 0 Å². The summed E-state index contributed by atoms with van der Waals surface area (Å²) in [4.78, 5) is 2.38. The monoisotopic (exact) mass is 222 g/mol. The van der Waals surface area contributed by atoms with Gasteiger partial charge < -0.3 is 10.2 Å². The molecule has 2 heterocycles. The van der Waals surface area contributed by atoms with Gasteiger partial charge in [-0.3, -0.25) is 4.68 Å². The number of likely N-dealkylation sites (tertiary alicyclic amines) is 1. The van der Waals surface area contributed by atoms with E-state index in [1.54, 1.807) is 0 Å². The number of hydrogen-bond acceptors (Lipinski definition) is 3. The largest absolute Gasteiger partial charge is 0.306 e. The van der Waals surface area contributed by atoms with Gasteiger partial charge in [-0.1, -0.05) is 0 Å². The molecule has 1 aromatic rings. The molecule has 1 aliphatic heterocycles. The molecule has 1 aliphatic rings. The van der Waals surface area contributed by atoms with Crippen LogP contribution in [0.1, 0.15) is 30.6 Å². The van der Waals surface area contributed by atoms with E-state index in [9.17, 15) is 0 Å². The summed E-state index contributed by atoms with van der Waals surface area (Å²) < 4.78 is 1.89. The van der Waals surface area contributed by atoms with E-state index in [1.165, 1.54) is 18.5 Å². The van der Waals surface area contributed by atoms with Crippen LogP contribution in [0.5, 0.6) is 0 Å². The third-order valence-electron chi connectivity index (χ3n) is 3.39. The molecule has 1 N–H and O–H groups in total. The average Bonchev–Trinajstić information content (AvgIpc) is 2.73. The van der Waals surface area contributed by atoms with E-state index in [0.717, 1.165) is 12.2 Å². The summed E-state index contributed by atoms with van der Waals surface area (Å²) in [6, 6.07) is 1.02. The van der Waals surface area contributed by atoms with E-state index in [1.807, 2.05) is 11.7 Å². The Morgan fingerprint density at radius 2 is 2.25 bits per heavy atom. The van der Waals surface area contributed by atoms with E-state index in [4.69, 9.17) is 0 Å². The first-order chi connectivity index (χ1) is 7.56. The van der Waals surface area contributed by atoms with Crippen LogP contribution in [0.25, 0.3) is 0 Å². The molecule has 2 unspecified atom stereocenters. The molecule has 1 fully saturated rings. The van der Waals surface area contributed by atoms with Gasteiger partial charge in [0.05, 0.1) is 5.69 Å². The van der Waals surface area contributed by atoms with Gasteiger partial charge in [0.15, 0.2) is 0 Å². The van der Waals surface area contributed by atoms with Gasteiger partial charge >= 0.3 is 0 Å². The quantitative estimate of drug-likeness (QED) is 0.831. The number of hydrogen-bond donors (Lipinski definition) is 1. The van der Waals surface area contributed by atoms with E-state index < -0.39 is 0 Å². The molecule has 0 aromatic carbocycles. The predicted octanol–water partition coefficient (Wildman–Crippen LogP) is 1.08. The van der Waals surface area contributed by atoms with E-state index in [0.29, 0.717) is 12.1 Å². The van der Waals surface area contributed by atoms with Gasteiger partial charge in [0.2, 0.25) is 0 Å². The van der Waals surface area contributed by atoms with Crippen molar-refractivity contribution in [2.75, 3.05) is 20.1 Å². The van der Waals surface area contributed by atoms with Crippen LogP contribution >= 0.6 is 0 Å². The van der Waals surface area contributed by atoms with Crippen LogP contribution < -0.4 is 5.32 Å². The van der Waals surface area contributed by atoms with E-state index in [2.05, 4.69) is 42.4 Å². The Kier molecular flexibility index (Phi) is 3.30. The third-order valence-corrected chi connectivity index (χ3v) is 3.39. The van der Waals surface area contributed by atoms with Crippen molar-refractivity contribution in [3.05, 3.63) is 17.5 Å². The first-order valence-electron chi connectivity index (χ1n) is 6.01. The Balaban J connectivity index is 1.97. The fourth-order valence-corrected chi connectivity index (χ4v) is 2.56. The van der Waals surface area contributed by atoms with Gasteiger partial charge in [-0.05, 0) is 33.9 Å². The second-order valence-corrected chi connectivity index (χ2v) is 4.98. The van der Waals surface area contributed by atoms with Crippen molar-refractivity contribution in [3.63, 3.8) is 0 Å². The van der Waals surface area contributed by atoms with Crippen LogP contribution in [0, 0.1) is 6.92 Å². The molecule has 4 nitrogen and oxygen atoms in total. The summed E-state index contributed by atoms with van der Waals surface area (Å²) in [5.74, 6) is 0. The Bertz CT molecular complexity index is 358. The lowest BCUT2D eigenvalue weighted by Gasteiger charge is -2.19. The number of likely N-dealkylation sites (N-methyl/N-ethyl adjacent to an activating group) is 1. The summed E-state index contributed by atoms with van der Waals surface area (Å²) in [7, 11) is 4.16. The Morgan fingerprint density at radius 3 is 2.75 bits per heavy atom. The maximum absolute atomic E-state index is 4.39. The first kappa shape index (κ1) is 11.6. The molecule has 2 atom stereocenters. The lowest BCUT2D eigenvalue weighted by molar-refractivity contribution is 0.387. The smallest absolute Gasteiger partial charge is 0.0641 e. The molecule has 1 saturated heterocycles. The van der Waals surface area contributed by atoms with Gasteiger partial charge in [-0.25, -0.2) is 0 Å². The molecular weight excluding hydrogens is 200 g/mol. The number of aromatic nitrogens is 2. The van der Waals surface area contributed by atoms with Gasteiger partial charge in [-0.2, -0.15) is 5.10 Å². The molecule has 1 aromatic heterocycles. The average molecular weight is 222 g/mol. The van der Waals surface area contributed by atoms with Crippen LogP contribution in [0.15, 0.2) is 6.20 Å². The number of nitrogens with zero attached hydrogens (tertiary/aromatic N) is 3. The van der Waals surface area contributed by atoms with Gasteiger partial charge in [-0.15, -0.1) is 0 Å². The van der Waals surface area contributed by atoms with Crippen molar-refractivity contribution in [1.82, 2.24) is 20.0 Å². The lowest BCUT2D eigenvalue weighted by atomic mass is 10.1. The Hall–Kier alpha value is -0.870. The number of rotatable bonds is 3. The molecule has 0 amide bonds. The van der Waals surface area contributed by atoms with Gasteiger partial charge in [0.25, 0.3) is 0 Å². The van der Waals surface area contributed by atoms with Crippen molar-refractivity contribution in [2.24, 2.45) is 7.05 Å². The minimum Gasteiger partial charge on any atom is -0.306 e. The van der Waals surface area contributed by atoms with Crippen LogP contribution in [0.3, 0.4) is 0 Å². The standard InChI is InChI=1S/C12H22N4/c1-9(12-8-16(4)14-10(12)2)13-11-5-6-15(3)7-11/h8-9,11,13H,5-7H2,1-4H3. The molecule has 0 spiro atoms. The Labute approximate surface area is 97.6 Å². The van der Waals surface area contributed by atoms with E-state index in [-0.39, 0.29) is 0 Å². The fourth-order valence-electron chi connectivity index (χ4n) is 2.56. The van der Waals surface area contributed by atoms with Gasteiger partial charge in [0.1, 0.15) is 0 Å². The van der Waals surface area contributed by atoms with Crippen LogP contribution in [-0.2, 0) is 7.05 Å². The molecule has 90 valence electrons. The normalized spacial score (nSPS) is 23.9. The molecule has 0 aliphatic carbocycles. The van der Waals surface area contributed by atoms with Crippen LogP contribution in [-0.4, -0.2) is 40.9 Å².